The SMILES string of the molecule is COCCNC(=O)NC[C@H](O)c1ccc(C(F)(F)F)cc1. The molecule has 5 nitrogen and oxygen atoms in total. The molecule has 3 N–H and O–H groups in total. The number of rotatable bonds is 6. The molecule has 0 aliphatic heterocycles. The molecular formula is C13H17F3N2O3. The lowest BCUT2D eigenvalue weighted by atomic mass is 10.1. The van der Waals surface area contributed by atoms with Crippen LogP contribution in [0.25, 0.3) is 0 Å². The first-order chi connectivity index (χ1) is 9.84. The Morgan fingerprint density at radius 2 is 1.90 bits per heavy atom. The molecule has 118 valence electrons. The van der Waals surface area contributed by atoms with E-state index < -0.39 is 23.9 Å². The van der Waals surface area contributed by atoms with Crippen LogP contribution >= 0.6 is 0 Å². The summed E-state index contributed by atoms with van der Waals surface area (Å²) in [6, 6.07) is 3.64. The van der Waals surface area contributed by atoms with E-state index in [0.29, 0.717) is 18.7 Å². The van der Waals surface area contributed by atoms with Crippen molar-refractivity contribution >= 4 is 6.03 Å². The topological polar surface area (TPSA) is 70.6 Å². The van der Waals surface area contributed by atoms with Crippen molar-refractivity contribution in [3.63, 3.8) is 0 Å². The fourth-order valence-corrected chi connectivity index (χ4v) is 1.53. The number of carbonyl (C=O) groups is 1. The van der Waals surface area contributed by atoms with Gasteiger partial charge in [0, 0.05) is 20.2 Å². The molecule has 0 unspecified atom stereocenters. The van der Waals surface area contributed by atoms with Crippen molar-refractivity contribution in [3.05, 3.63) is 35.4 Å². The molecule has 2 amide bonds. The molecular weight excluding hydrogens is 289 g/mol. The van der Waals surface area contributed by atoms with Gasteiger partial charge in [0.2, 0.25) is 0 Å². The van der Waals surface area contributed by atoms with E-state index in [1.165, 1.54) is 19.2 Å². The molecule has 0 saturated heterocycles. The molecule has 0 aliphatic carbocycles. The summed E-state index contributed by atoms with van der Waals surface area (Å²) in [5, 5.41) is 14.7. The van der Waals surface area contributed by atoms with Gasteiger partial charge in [0.05, 0.1) is 18.3 Å². The number of nitrogens with one attached hydrogen (secondary N) is 2. The van der Waals surface area contributed by atoms with E-state index in [9.17, 15) is 23.1 Å². The van der Waals surface area contributed by atoms with Gasteiger partial charge in [-0.15, -0.1) is 0 Å². The molecule has 0 aliphatic rings. The van der Waals surface area contributed by atoms with Crippen LogP contribution in [0.3, 0.4) is 0 Å². The Labute approximate surface area is 120 Å². The van der Waals surface area contributed by atoms with Crippen molar-refractivity contribution in [1.29, 1.82) is 0 Å². The Morgan fingerprint density at radius 1 is 1.29 bits per heavy atom. The van der Waals surface area contributed by atoms with E-state index in [1.54, 1.807) is 0 Å². The highest BCUT2D eigenvalue weighted by Gasteiger charge is 2.30. The average Bonchev–Trinajstić information content (AvgIpc) is 2.44. The summed E-state index contributed by atoms with van der Waals surface area (Å²) in [7, 11) is 1.49. The molecule has 1 aromatic carbocycles. The van der Waals surface area contributed by atoms with E-state index in [0.717, 1.165) is 12.1 Å². The zero-order valence-electron chi connectivity index (χ0n) is 11.4. The number of benzene rings is 1. The van der Waals surface area contributed by atoms with Gasteiger partial charge in [-0.3, -0.25) is 0 Å². The first kappa shape index (κ1) is 17.3. The van der Waals surface area contributed by atoms with Crippen LogP contribution in [0.2, 0.25) is 0 Å². The van der Waals surface area contributed by atoms with Gasteiger partial charge in [-0.25, -0.2) is 4.79 Å². The van der Waals surface area contributed by atoms with E-state index in [2.05, 4.69) is 10.6 Å². The summed E-state index contributed by atoms with van der Waals surface area (Å²) in [6.07, 6.45) is -5.50. The molecule has 0 saturated carbocycles. The lowest BCUT2D eigenvalue weighted by Crippen LogP contribution is -2.39. The summed E-state index contributed by atoms with van der Waals surface area (Å²) in [5.74, 6) is 0. The van der Waals surface area contributed by atoms with Gasteiger partial charge in [-0.1, -0.05) is 12.1 Å². The quantitative estimate of drug-likeness (QED) is 0.700. The van der Waals surface area contributed by atoms with E-state index in [4.69, 9.17) is 4.74 Å². The second-order valence-corrected chi connectivity index (χ2v) is 4.27. The van der Waals surface area contributed by atoms with Crippen LogP contribution in [-0.4, -0.2) is 37.9 Å². The molecule has 1 atom stereocenters. The van der Waals surface area contributed by atoms with Crippen molar-refractivity contribution < 1.29 is 27.8 Å². The van der Waals surface area contributed by atoms with Crippen molar-refractivity contribution in [2.24, 2.45) is 0 Å². The molecule has 1 rings (SSSR count). The minimum atomic E-state index is -4.41. The van der Waals surface area contributed by atoms with Gasteiger partial charge in [-0.2, -0.15) is 13.2 Å². The summed E-state index contributed by atoms with van der Waals surface area (Å²) < 4.78 is 41.9. The molecule has 1 aromatic rings. The molecule has 0 bridgehead atoms. The number of amides is 2. The maximum absolute atomic E-state index is 12.4. The fourth-order valence-electron chi connectivity index (χ4n) is 1.53. The van der Waals surface area contributed by atoms with Crippen LogP contribution in [0, 0.1) is 0 Å². The Hall–Kier alpha value is -1.80. The minimum absolute atomic E-state index is 0.107. The monoisotopic (exact) mass is 306 g/mol. The predicted molar refractivity (Wildman–Crippen MR) is 69.7 cm³/mol. The maximum Gasteiger partial charge on any atom is 0.416 e. The van der Waals surface area contributed by atoms with Crippen LogP contribution in [0.5, 0.6) is 0 Å². The number of hydrogen-bond acceptors (Lipinski definition) is 3. The van der Waals surface area contributed by atoms with Crippen molar-refractivity contribution in [2.75, 3.05) is 26.8 Å². The molecule has 21 heavy (non-hydrogen) atoms. The van der Waals surface area contributed by atoms with Gasteiger partial charge in [0.25, 0.3) is 0 Å². The third-order valence-corrected chi connectivity index (χ3v) is 2.67. The molecule has 0 fully saturated rings. The lowest BCUT2D eigenvalue weighted by Gasteiger charge is -2.14. The van der Waals surface area contributed by atoms with E-state index in [-0.39, 0.29) is 6.54 Å². The van der Waals surface area contributed by atoms with Gasteiger partial charge in [0.15, 0.2) is 0 Å². The number of alkyl halides is 3. The number of methoxy groups -OCH3 is 1. The van der Waals surface area contributed by atoms with Crippen molar-refractivity contribution in [3.8, 4) is 0 Å². The first-order valence-corrected chi connectivity index (χ1v) is 6.20. The summed E-state index contributed by atoms with van der Waals surface area (Å²) in [4.78, 5) is 11.3. The summed E-state index contributed by atoms with van der Waals surface area (Å²) >= 11 is 0. The zero-order valence-corrected chi connectivity index (χ0v) is 11.4. The second-order valence-electron chi connectivity index (χ2n) is 4.27. The third-order valence-electron chi connectivity index (χ3n) is 2.67. The van der Waals surface area contributed by atoms with Gasteiger partial charge in [0.1, 0.15) is 0 Å². The van der Waals surface area contributed by atoms with Crippen LogP contribution in [0.15, 0.2) is 24.3 Å². The van der Waals surface area contributed by atoms with E-state index in [1.807, 2.05) is 0 Å². The number of carbonyl (C=O) groups excluding carboxylic acids is 1. The van der Waals surface area contributed by atoms with Gasteiger partial charge in [-0.05, 0) is 17.7 Å². The molecule has 8 heteroatoms. The number of urea groups is 1. The molecule has 0 aromatic heterocycles. The lowest BCUT2D eigenvalue weighted by molar-refractivity contribution is -0.137. The first-order valence-electron chi connectivity index (χ1n) is 6.20. The van der Waals surface area contributed by atoms with Crippen LogP contribution in [0.1, 0.15) is 17.2 Å². The number of halogens is 3. The fraction of sp³-hybridized carbons (Fsp3) is 0.462. The largest absolute Gasteiger partial charge is 0.416 e. The van der Waals surface area contributed by atoms with Crippen LogP contribution in [0.4, 0.5) is 18.0 Å². The second kappa shape index (κ2) is 7.84. The predicted octanol–water partition coefficient (Wildman–Crippen LogP) is 1.68. The molecule has 0 spiro atoms. The highest BCUT2D eigenvalue weighted by Crippen LogP contribution is 2.29. The summed E-state index contributed by atoms with van der Waals surface area (Å²) in [5.41, 5.74) is -0.496. The molecule has 0 radical (unpaired) electrons. The van der Waals surface area contributed by atoms with E-state index >= 15 is 0 Å². The third kappa shape index (κ3) is 6.01. The highest BCUT2D eigenvalue weighted by molar-refractivity contribution is 5.73. The van der Waals surface area contributed by atoms with Crippen molar-refractivity contribution in [2.45, 2.75) is 12.3 Å². The van der Waals surface area contributed by atoms with Gasteiger partial charge < -0.3 is 20.5 Å². The number of ether oxygens (including phenoxy) is 1. The standard InChI is InChI=1S/C13H17F3N2O3/c1-21-7-6-17-12(20)18-8-11(19)9-2-4-10(5-3-9)13(14,15)16/h2-5,11,19H,6-8H2,1H3,(H2,17,18,20)/t11-/m0/s1. The number of aliphatic hydroxyl groups is 1. The number of aliphatic hydroxyl groups excluding tert-OH is 1. The Balaban J connectivity index is 2.45. The average molecular weight is 306 g/mol. The Kier molecular flexibility index (Phi) is 6.44. The molecule has 0 heterocycles. The van der Waals surface area contributed by atoms with Crippen LogP contribution < -0.4 is 10.6 Å². The maximum atomic E-state index is 12.4. The van der Waals surface area contributed by atoms with Crippen LogP contribution in [-0.2, 0) is 10.9 Å². The smallest absolute Gasteiger partial charge is 0.387 e. The Morgan fingerprint density at radius 3 is 2.43 bits per heavy atom. The Bertz CT molecular complexity index is 449. The minimum Gasteiger partial charge on any atom is -0.387 e. The van der Waals surface area contributed by atoms with Crippen molar-refractivity contribution in [1.82, 2.24) is 10.6 Å². The zero-order chi connectivity index (χ0) is 15.9. The summed E-state index contributed by atoms with van der Waals surface area (Å²) in [6.45, 7) is 0.567. The normalized spacial score (nSPS) is 12.8. The highest BCUT2D eigenvalue weighted by atomic mass is 19.4. The number of hydrogen-bond donors (Lipinski definition) is 3. The van der Waals surface area contributed by atoms with Gasteiger partial charge >= 0.3 is 12.2 Å².